The fourth-order valence-corrected chi connectivity index (χ4v) is 2.16. The van der Waals surface area contributed by atoms with E-state index in [9.17, 15) is 12.8 Å². The number of nitrogens with two attached hydrogens (primary N) is 2. The number of benzene rings is 1. The van der Waals surface area contributed by atoms with Crippen LogP contribution < -0.4 is 26.4 Å². The van der Waals surface area contributed by atoms with Crippen molar-refractivity contribution in [1.82, 2.24) is 10.0 Å². The summed E-state index contributed by atoms with van der Waals surface area (Å²) in [6.07, 6.45) is 0. The van der Waals surface area contributed by atoms with Crippen LogP contribution >= 0.6 is 0 Å². The predicted octanol–water partition coefficient (Wildman–Crippen LogP) is -1.91. The van der Waals surface area contributed by atoms with Crippen LogP contribution in [-0.4, -0.2) is 60.8 Å². The average Bonchev–Trinajstić information content (AvgIpc) is 2.52. The Hall–Kier alpha value is -2.31. The lowest BCUT2D eigenvalue weighted by Crippen LogP contribution is -2.43. The van der Waals surface area contributed by atoms with E-state index < -0.39 is 16.0 Å². The largest absolute Gasteiger partial charge is 0.382 e. The van der Waals surface area contributed by atoms with Crippen LogP contribution in [-0.2, 0) is 10.2 Å². The molecule has 1 aromatic rings. The van der Waals surface area contributed by atoms with Crippen molar-refractivity contribution in [2.45, 2.75) is 0 Å². The molecule has 0 unspecified atom stereocenters. The molecule has 134 valence electrons. The zero-order valence-electron chi connectivity index (χ0n) is 13.8. The lowest BCUT2D eigenvalue weighted by molar-refractivity contribution is 0.582. The molecule has 25 heavy (non-hydrogen) atoms. The van der Waals surface area contributed by atoms with Crippen LogP contribution in [0.3, 0.4) is 0 Å². The van der Waals surface area contributed by atoms with Gasteiger partial charge >= 0.3 is 0 Å². The van der Waals surface area contributed by atoms with E-state index in [4.69, 9.17) is 18.7 Å². The molecule has 0 spiro atoms. The number of rotatable bonds is 7. The van der Waals surface area contributed by atoms with E-state index in [1.165, 1.54) is 32.3 Å². The maximum absolute atomic E-state index is 13.2. The molecule has 0 saturated carbocycles. The normalized spacial score (nSPS) is 13.8. The molecule has 0 fully saturated rings. The monoisotopic (exact) mass is 367 g/mol. The van der Waals surface area contributed by atoms with E-state index in [-0.39, 0.29) is 30.1 Å². The van der Waals surface area contributed by atoms with Gasteiger partial charge in [0.2, 0.25) is 0 Å². The first kappa shape index (κ1) is 20.7. The average molecular weight is 367 g/mol. The molecule has 9 nitrogen and oxygen atoms in total. The molecule has 6 N–H and O–H groups in total. The minimum Gasteiger partial charge on any atom is -0.382 e. The number of nitrogens with one attached hydrogen (secondary N) is 2. The molecule has 12 heteroatoms. The Balaban J connectivity index is 2.86. The number of halogens is 1. The van der Waals surface area contributed by atoms with Gasteiger partial charge in [-0.1, -0.05) is 5.46 Å². The molecule has 0 amide bonds. The maximum Gasteiger partial charge on any atom is 0.274 e. The van der Waals surface area contributed by atoms with E-state index in [0.29, 0.717) is 11.5 Å². The smallest absolute Gasteiger partial charge is 0.274 e. The van der Waals surface area contributed by atoms with Crippen LogP contribution in [0.1, 0.15) is 0 Å². The van der Waals surface area contributed by atoms with E-state index in [2.05, 4.69) is 25.0 Å². The lowest BCUT2D eigenvalue weighted by Gasteiger charge is -2.12. The predicted molar refractivity (Wildman–Crippen MR) is 98.9 cm³/mol. The standard InChI is InChI=1S/C13H19BFN7O2S/c1-18-11(13(19-2)20-5-6-21-25(17,23)24)12(16)22-8-3-4-10(15)9(14)7-8/h3-4,7,21H,5-6H2,1-2H3,(H2,16,22)(H,19,20)(H2,17,23,24). The SMILES string of the molecule is [B]c1cc(N=C(N)C(=NC)C(=NC)NCCNS(N)(=O)=O)ccc1F. The third-order valence-electron chi connectivity index (χ3n) is 2.86. The molecule has 1 aromatic carbocycles. The Morgan fingerprint density at radius 2 is 1.96 bits per heavy atom. The number of hydrogen-bond donors (Lipinski definition) is 4. The van der Waals surface area contributed by atoms with Gasteiger partial charge in [-0.05, 0) is 18.2 Å². The topological polar surface area (TPSA) is 147 Å². The molecular weight excluding hydrogens is 348 g/mol. The van der Waals surface area contributed by atoms with Crippen molar-refractivity contribution >= 4 is 46.6 Å². The molecule has 1 rings (SSSR count). The summed E-state index contributed by atoms with van der Waals surface area (Å²) in [4.78, 5) is 12.2. The molecule has 0 atom stereocenters. The highest BCUT2D eigenvalue weighted by molar-refractivity contribution is 7.87. The third-order valence-corrected chi connectivity index (χ3v) is 3.47. The highest BCUT2D eigenvalue weighted by Gasteiger charge is 2.13. The molecular formula is C13H19BFN7O2S. The van der Waals surface area contributed by atoms with Crippen LogP contribution in [0.25, 0.3) is 0 Å². The quantitative estimate of drug-likeness (QED) is 0.193. The van der Waals surface area contributed by atoms with Crippen LogP contribution in [0.5, 0.6) is 0 Å². The van der Waals surface area contributed by atoms with Gasteiger partial charge in [-0.25, -0.2) is 19.2 Å². The lowest BCUT2D eigenvalue weighted by atomic mass is 9.95. The van der Waals surface area contributed by atoms with E-state index in [0.717, 1.165) is 0 Å². The first-order valence-corrected chi connectivity index (χ1v) is 8.57. The molecule has 0 aliphatic rings. The maximum atomic E-state index is 13.2. The van der Waals surface area contributed by atoms with Crippen molar-refractivity contribution in [3.05, 3.63) is 24.0 Å². The Morgan fingerprint density at radius 1 is 1.28 bits per heavy atom. The second kappa shape index (κ2) is 9.25. The summed E-state index contributed by atoms with van der Waals surface area (Å²) in [6, 6.07) is 3.93. The molecule has 0 aromatic heterocycles. The first-order chi connectivity index (χ1) is 11.7. The number of nitrogens with zero attached hydrogens (tertiary/aromatic N) is 3. The minimum atomic E-state index is -3.77. The van der Waals surface area contributed by atoms with Gasteiger partial charge in [0.15, 0.2) is 5.84 Å². The van der Waals surface area contributed by atoms with E-state index >= 15 is 0 Å². The van der Waals surface area contributed by atoms with Gasteiger partial charge in [-0.15, -0.1) is 0 Å². The summed E-state index contributed by atoms with van der Waals surface area (Å²) in [7, 11) is 4.72. The zero-order valence-corrected chi connectivity index (χ0v) is 14.6. The van der Waals surface area contributed by atoms with Crippen molar-refractivity contribution in [2.24, 2.45) is 25.8 Å². The van der Waals surface area contributed by atoms with Gasteiger partial charge in [0, 0.05) is 27.2 Å². The number of amidine groups is 2. The highest BCUT2D eigenvalue weighted by Crippen LogP contribution is 2.10. The van der Waals surface area contributed by atoms with E-state index in [1.807, 2.05) is 0 Å². The van der Waals surface area contributed by atoms with Crippen LogP contribution in [0.4, 0.5) is 10.1 Å². The summed E-state index contributed by atoms with van der Waals surface area (Å²) in [5.41, 5.74) is 6.48. The van der Waals surface area contributed by atoms with Gasteiger partial charge in [0.05, 0.1) is 5.69 Å². The van der Waals surface area contributed by atoms with Crippen molar-refractivity contribution in [1.29, 1.82) is 0 Å². The molecule has 0 saturated heterocycles. The van der Waals surface area contributed by atoms with Crippen LogP contribution in [0.2, 0.25) is 0 Å². The summed E-state index contributed by atoms with van der Waals surface area (Å²) >= 11 is 0. The van der Waals surface area contributed by atoms with Crippen LogP contribution in [0, 0.1) is 5.82 Å². The fourth-order valence-electron chi connectivity index (χ4n) is 1.78. The highest BCUT2D eigenvalue weighted by atomic mass is 32.2. The van der Waals surface area contributed by atoms with Crippen molar-refractivity contribution in [2.75, 3.05) is 27.2 Å². The Bertz CT molecular complexity index is 809. The van der Waals surface area contributed by atoms with Crippen LogP contribution in [0.15, 0.2) is 33.2 Å². The third kappa shape index (κ3) is 6.99. The first-order valence-electron chi connectivity index (χ1n) is 7.02. The zero-order chi connectivity index (χ0) is 19.0. The Kier molecular flexibility index (Phi) is 7.67. The summed E-state index contributed by atoms with van der Waals surface area (Å²) in [6.45, 7) is 0.235. The van der Waals surface area contributed by atoms with Crippen molar-refractivity contribution in [3.63, 3.8) is 0 Å². The fraction of sp³-hybridized carbons (Fsp3) is 0.308. The van der Waals surface area contributed by atoms with Gasteiger partial charge in [-0.2, -0.15) is 8.42 Å². The second-order valence-electron chi connectivity index (χ2n) is 4.71. The summed E-state index contributed by atoms with van der Waals surface area (Å²) < 4.78 is 36.9. The molecule has 0 aliphatic carbocycles. The van der Waals surface area contributed by atoms with Gasteiger partial charge in [0.25, 0.3) is 10.2 Å². The summed E-state index contributed by atoms with van der Waals surface area (Å²) in [5, 5.41) is 7.70. The van der Waals surface area contributed by atoms with Gasteiger partial charge in [-0.3, -0.25) is 9.98 Å². The van der Waals surface area contributed by atoms with Gasteiger partial charge in [0.1, 0.15) is 25.2 Å². The minimum absolute atomic E-state index is 0.0287. The molecule has 0 aliphatic heterocycles. The van der Waals surface area contributed by atoms with Crippen molar-refractivity contribution < 1.29 is 12.8 Å². The number of hydrogen-bond acceptors (Lipinski definition) is 5. The molecule has 0 bridgehead atoms. The van der Waals surface area contributed by atoms with Gasteiger partial charge < -0.3 is 11.1 Å². The molecule has 2 radical (unpaired) electrons. The Labute approximate surface area is 147 Å². The van der Waals surface area contributed by atoms with E-state index in [1.54, 1.807) is 0 Å². The molecule has 0 heterocycles. The Morgan fingerprint density at radius 3 is 2.48 bits per heavy atom. The second-order valence-corrected chi connectivity index (χ2v) is 6.09. The number of aliphatic imine (C=N–C) groups is 3. The van der Waals surface area contributed by atoms with Crippen molar-refractivity contribution in [3.8, 4) is 0 Å². The summed E-state index contributed by atoms with van der Waals surface area (Å²) in [5.74, 6) is -0.224.